The van der Waals surface area contributed by atoms with Crippen molar-refractivity contribution in [3.8, 4) is 5.75 Å². The molecule has 0 saturated heterocycles. The zero-order valence-corrected chi connectivity index (χ0v) is 11.3. The molecular formula is C17H19NO. The molecule has 2 rings (SSSR count). The Morgan fingerprint density at radius 3 is 2.53 bits per heavy atom. The highest BCUT2D eigenvalue weighted by Gasteiger charge is 2.00. The fourth-order valence-electron chi connectivity index (χ4n) is 1.70. The lowest BCUT2D eigenvalue weighted by molar-refractivity contribution is 0.310. The zero-order chi connectivity index (χ0) is 13.3. The van der Waals surface area contributed by atoms with E-state index in [1.165, 1.54) is 0 Å². The molecule has 0 aliphatic heterocycles. The molecule has 2 nitrogen and oxygen atoms in total. The molecule has 19 heavy (non-hydrogen) atoms. The van der Waals surface area contributed by atoms with E-state index < -0.39 is 0 Å². The molecule has 0 aliphatic carbocycles. The summed E-state index contributed by atoms with van der Waals surface area (Å²) < 4.78 is 5.75. The lowest BCUT2D eigenvalue weighted by Crippen LogP contribution is -1.96. The maximum absolute atomic E-state index is 5.75. The van der Waals surface area contributed by atoms with Gasteiger partial charge in [0.05, 0.1) is 6.61 Å². The maximum Gasteiger partial charge on any atom is 0.144 e. The van der Waals surface area contributed by atoms with Gasteiger partial charge in [0.25, 0.3) is 0 Å². The van der Waals surface area contributed by atoms with Crippen molar-refractivity contribution < 1.29 is 4.74 Å². The Labute approximate surface area is 114 Å². The molecule has 2 heteroatoms. The normalized spacial score (nSPS) is 10.8. The number of nitrogens with zero attached hydrogens (tertiary/aromatic N) is 1. The van der Waals surface area contributed by atoms with Crippen molar-refractivity contribution in [1.29, 1.82) is 0 Å². The van der Waals surface area contributed by atoms with Crippen LogP contribution in [0.1, 0.15) is 25.3 Å². The summed E-state index contributed by atoms with van der Waals surface area (Å²) in [5, 5.41) is 0. The minimum atomic E-state index is 0.744. The average molecular weight is 253 g/mol. The summed E-state index contributed by atoms with van der Waals surface area (Å²) in [6, 6.07) is 18.0. The minimum absolute atomic E-state index is 0.744. The number of benzene rings is 2. The highest BCUT2D eigenvalue weighted by molar-refractivity contribution is 5.82. The summed E-state index contributed by atoms with van der Waals surface area (Å²) in [5.41, 5.74) is 1.97. The third-order valence-electron chi connectivity index (χ3n) is 2.77. The summed E-state index contributed by atoms with van der Waals surface area (Å²) in [5.74, 6) is 0.850. The van der Waals surface area contributed by atoms with Gasteiger partial charge in [-0.15, -0.1) is 0 Å². The van der Waals surface area contributed by atoms with Gasteiger partial charge in [0, 0.05) is 6.21 Å². The van der Waals surface area contributed by atoms with Crippen LogP contribution in [0.2, 0.25) is 0 Å². The molecule has 0 heterocycles. The fraction of sp³-hybridized carbons (Fsp3) is 0.235. The van der Waals surface area contributed by atoms with E-state index in [1.807, 2.05) is 60.8 Å². The molecule has 2 aromatic carbocycles. The summed E-state index contributed by atoms with van der Waals surface area (Å²) in [6.45, 7) is 2.90. The van der Waals surface area contributed by atoms with Crippen LogP contribution in [0, 0.1) is 0 Å². The largest absolute Gasteiger partial charge is 0.491 e. The van der Waals surface area contributed by atoms with Gasteiger partial charge < -0.3 is 4.74 Å². The van der Waals surface area contributed by atoms with Crippen LogP contribution in [0.3, 0.4) is 0 Å². The van der Waals surface area contributed by atoms with Crippen LogP contribution >= 0.6 is 0 Å². The Hall–Kier alpha value is -2.09. The van der Waals surface area contributed by atoms with Gasteiger partial charge in [-0.25, -0.2) is 0 Å². The molecule has 2 aromatic rings. The van der Waals surface area contributed by atoms with E-state index in [9.17, 15) is 0 Å². The van der Waals surface area contributed by atoms with Crippen molar-refractivity contribution in [1.82, 2.24) is 0 Å². The van der Waals surface area contributed by atoms with Gasteiger partial charge >= 0.3 is 0 Å². The van der Waals surface area contributed by atoms with Gasteiger partial charge in [0.2, 0.25) is 0 Å². The first kappa shape index (κ1) is 13.3. The smallest absolute Gasteiger partial charge is 0.144 e. The van der Waals surface area contributed by atoms with Crippen LogP contribution in [0.4, 0.5) is 5.69 Å². The van der Waals surface area contributed by atoms with Crippen molar-refractivity contribution in [3.63, 3.8) is 0 Å². The Bertz CT molecular complexity index is 520. The van der Waals surface area contributed by atoms with E-state index in [1.54, 1.807) is 0 Å². The van der Waals surface area contributed by atoms with Gasteiger partial charge in [0.1, 0.15) is 11.4 Å². The summed E-state index contributed by atoms with van der Waals surface area (Å²) >= 11 is 0. The van der Waals surface area contributed by atoms with Crippen LogP contribution in [0.15, 0.2) is 59.6 Å². The number of aliphatic imine (C=N–C) groups is 1. The summed E-state index contributed by atoms with van der Waals surface area (Å²) in [6.07, 6.45) is 4.06. The van der Waals surface area contributed by atoms with E-state index in [0.29, 0.717) is 0 Å². The van der Waals surface area contributed by atoms with Gasteiger partial charge in [-0.05, 0) is 24.1 Å². The monoisotopic (exact) mass is 253 g/mol. The molecule has 0 N–H and O–H groups in total. The van der Waals surface area contributed by atoms with Gasteiger partial charge in [-0.2, -0.15) is 0 Å². The van der Waals surface area contributed by atoms with Crippen molar-refractivity contribution >= 4 is 11.9 Å². The molecule has 0 unspecified atom stereocenters. The van der Waals surface area contributed by atoms with Crippen molar-refractivity contribution in [2.75, 3.05) is 6.61 Å². The van der Waals surface area contributed by atoms with Crippen molar-refractivity contribution in [3.05, 3.63) is 60.2 Å². The third kappa shape index (κ3) is 4.25. The minimum Gasteiger partial charge on any atom is -0.491 e. The summed E-state index contributed by atoms with van der Waals surface area (Å²) in [4.78, 5) is 4.51. The standard InChI is InChI=1S/C17H19NO/c1-2-3-13-19-17-12-8-7-11-16(17)18-14-15-9-5-4-6-10-15/h4-12,14H,2-3,13H2,1H3. The van der Waals surface area contributed by atoms with Crippen molar-refractivity contribution in [2.24, 2.45) is 4.99 Å². The van der Waals surface area contributed by atoms with Crippen LogP contribution in [-0.2, 0) is 0 Å². The molecule has 0 saturated carbocycles. The lowest BCUT2D eigenvalue weighted by Gasteiger charge is -2.07. The number of ether oxygens (including phenoxy) is 1. The molecule has 0 aliphatic rings. The fourth-order valence-corrected chi connectivity index (χ4v) is 1.70. The van der Waals surface area contributed by atoms with Crippen molar-refractivity contribution in [2.45, 2.75) is 19.8 Å². The molecule has 98 valence electrons. The zero-order valence-electron chi connectivity index (χ0n) is 11.3. The number of para-hydroxylation sites is 2. The van der Waals surface area contributed by atoms with Gasteiger partial charge in [0.15, 0.2) is 0 Å². The first-order valence-corrected chi connectivity index (χ1v) is 6.71. The number of unbranched alkanes of at least 4 members (excludes halogenated alkanes) is 1. The Morgan fingerprint density at radius 1 is 1.00 bits per heavy atom. The number of hydrogen-bond donors (Lipinski definition) is 0. The van der Waals surface area contributed by atoms with Crippen LogP contribution in [-0.4, -0.2) is 12.8 Å². The van der Waals surface area contributed by atoms with E-state index in [0.717, 1.165) is 36.4 Å². The second kappa shape index (κ2) is 7.37. The molecule has 0 spiro atoms. The SMILES string of the molecule is CCCCOc1ccccc1N=Cc1ccccc1. The first-order valence-electron chi connectivity index (χ1n) is 6.71. The van der Waals surface area contributed by atoms with Crippen LogP contribution < -0.4 is 4.74 Å². The predicted octanol–water partition coefficient (Wildman–Crippen LogP) is 4.62. The molecule has 0 amide bonds. The Morgan fingerprint density at radius 2 is 1.74 bits per heavy atom. The molecule has 0 bridgehead atoms. The second-order valence-corrected chi connectivity index (χ2v) is 4.34. The highest BCUT2D eigenvalue weighted by atomic mass is 16.5. The molecular weight excluding hydrogens is 234 g/mol. The maximum atomic E-state index is 5.75. The molecule has 0 atom stereocenters. The topological polar surface area (TPSA) is 21.6 Å². The molecule has 0 fully saturated rings. The number of hydrogen-bond acceptors (Lipinski definition) is 2. The van der Waals surface area contributed by atoms with Crippen LogP contribution in [0.5, 0.6) is 5.75 Å². The van der Waals surface area contributed by atoms with E-state index in [2.05, 4.69) is 11.9 Å². The lowest BCUT2D eigenvalue weighted by atomic mass is 10.2. The number of rotatable bonds is 6. The summed E-state index contributed by atoms with van der Waals surface area (Å²) in [7, 11) is 0. The first-order chi connectivity index (χ1) is 9.40. The van der Waals surface area contributed by atoms with Crippen LogP contribution in [0.25, 0.3) is 0 Å². The molecule has 0 aromatic heterocycles. The Kier molecular flexibility index (Phi) is 5.17. The predicted molar refractivity (Wildman–Crippen MR) is 80.5 cm³/mol. The third-order valence-corrected chi connectivity index (χ3v) is 2.77. The highest BCUT2D eigenvalue weighted by Crippen LogP contribution is 2.26. The van der Waals surface area contributed by atoms with E-state index in [-0.39, 0.29) is 0 Å². The van der Waals surface area contributed by atoms with E-state index >= 15 is 0 Å². The Balaban J connectivity index is 2.09. The van der Waals surface area contributed by atoms with E-state index in [4.69, 9.17) is 4.74 Å². The molecule has 0 radical (unpaired) electrons. The second-order valence-electron chi connectivity index (χ2n) is 4.34. The quantitative estimate of drug-likeness (QED) is 0.544. The van der Waals surface area contributed by atoms with Gasteiger partial charge in [-0.3, -0.25) is 4.99 Å². The average Bonchev–Trinajstić information content (AvgIpc) is 2.48. The van der Waals surface area contributed by atoms with Gasteiger partial charge in [-0.1, -0.05) is 55.8 Å².